The first kappa shape index (κ1) is 13.1. The van der Waals surface area contributed by atoms with Gasteiger partial charge in [-0.2, -0.15) is 0 Å². The summed E-state index contributed by atoms with van der Waals surface area (Å²) < 4.78 is 0.697. The highest BCUT2D eigenvalue weighted by atomic mass is 79.9. The topological polar surface area (TPSA) is 84.1 Å². The van der Waals surface area contributed by atoms with Crippen LogP contribution >= 0.6 is 15.9 Å². The number of halogens is 1. The van der Waals surface area contributed by atoms with Crippen LogP contribution in [0.5, 0.6) is 0 Å². The highest BCUT2D eigenvalue weighted by Crippen LogP contribution is 2.30. The molecule has 0 radical (unpaired) electrons. The predicted molar refractivity (Wildman–Crippen MR) is 73.1 cm³/mol. The number of amides is 1. The van der Waals surface area contributed by atoms with E-state index in [2.05, 4.69) is 36.1 Å². The molecule has 1 saturated heterocycles. The van der Waals surface area contributed by atoms with Gasteiger partial charge >= 0.3 is 0 Å². The van der Waals surface area contributed by atoms with Gasteiger partial charge in [0.2, 0.25) is 5.91 Å². The maximum Gasteiger partial charge on any atom is 0.224 e. The molecular weight excluding hydrogens is 298 g/mol. The Labute approximate surface area is 114 Å². The molecule has 6 nitrogen and oxygen atoms in total. The summed E-state index contributed by atoms with van der Waals surface area (Å²) in [6, 6.07) is 0. The van der Waals surface area contributed by atoms with Crippen LogP contribution in [-0.2, 0) is 4.79 Å². The maximum absolute atomic E-state index is 11.7. The van der Waals surface area contributed by atoms with Gasteiger partial charge in [-0.05, 0) is 28.8 Å². The molecule has 1 aromatic heterocycles. The van der Waals surface area contributed by atoms with Gasteiger partial charge in [0.1, 0.15) is 22.4 Å². The Kier molecular flexibility index (Phi) is 4.00. The van der Waals surface area contributed by atoms with Gasteiger partial charge in [0.05, 0.1) is 5.92 Å². The molecule has 0 aromatic carbocycles. The molecule has 98 valence electrons. The number of hydrogen-bond acceptors (Lipinski definition) is 5. The molecule has 0 aliphatic carbocycles. The van der Waals surface area contributed by atoms with Crippen molar-refractivity contribution in [1.82, 2.24) is 15.3 Å². The van der Waals surface area contributed by atoms with E-state index in [-0.39, 0.29) is 11.8 Å². The summed E-state index contributed by atoms with van der Waals surface area (Å²) in [6.07, 6.45) is 3.32. The maximum atomic E-state index is 11.7. The summed E-state index contributed by atoms with van der Waals surface area (Å²) in [6.45, 7) is 1.54. The molecule has 0 bridgehead atoms. The van der Waals surface area contributed by atoms with Crippen LogP contribution < -0.4 is 16.0 Å². The summed E-state index contributed by atoms with van der Waals surface area (Å²) in [5.74, 6) is 1.27. The van der Waals surface area contributed by atoms with E-state index in [1.54, 1.807) is 7.05 Å². The molecule has 2 heterocycles. The number of piperidine rings is 1. The predicted octanol–water partition coefficient (Wildman–Crippen LogP) is 0.784. The number of nitrogen functional groups attached to an aromatic ring is 1. The number of anilines is 2. The van der Waals surface area contributed by atoms with E-state index in [9.17, 15) is 4.79 Å². The van der Waals surface area contributed by atoms with Crippen molar-refractivity contribution in [2.75, 3.05) is 30.8 Å². The van der Waals surface area contributed by atoms with Crippen LogP contribution in [-0.4, -0.2) is 36.0 Å². The van der Waals surface area contributed by atoms with Crippen molar-refractivity contribution in [1.29, 1.82) is 0 Å². The third kappa shape index (κ3) is 2.55. The molecule has 0 spiro atoms. The lowest BCUT2D eigenvalue weighted by atomic mass is 9.97. The van der Waals surface area contributed by atoms with Gasteiger partial charge in [-0.25, -0.2) is 9.97 Å². The number of carbonyl (C=O) groups excluding carboxylic acids is 1. The van der Waals surface area contributed by atoms with Crippen LogP contribution in [0.3, 0.4) is 0 Å². The summed E-state index contributed by atoms with van der Waals surface area (Å²) >= 11 is 3.40. The van der Waals surface area contributed by atoms with Crippen molar-refractivity contribution in [2.45, 2.75) is 12.8 Å². The van der Waals surface area contributed by atoms with Crippen LogP contribution in [0.4, 0.5) is 11.6 Å². The Morgan fingerprint density at radius 2 is 2.39 bits per heavy atom. The van der Waals surface area contributed by atoms with Gasteiger partial charge in [-0.15, -0.1) is 0 Å². The third-order valence-corrected chi connectivity index (χ3v) is 3.90. The zero-order chi connectivity index (χ0) is 13.1. The van der Waals surface area contributed by atoms with E-state index >= 15 is 0 Å². The largest absolute Gasteiger partial charge is 0.383 e. The highest BCUT2D eigenvalue weighted by molar-refractivity contribution is 9.10. The molecule has 1 fully saturated rings. The second-order valence-corrected chi connectivity index (χ2v) is 5.09. The van der Waals surface area contributed by atoms with E-state index < -0.39 is 0 Å². The number of rotatable bonds is 2. The van der Waals surface area contributed by atoms with Crippen molar-refractivity contribution in [2.24, 2.45) is 5.92 Å². The fourth-order valence-corrected chi connectivity index (χ4v) is 2.64. The molecule has 1 atom stereocenters. The fraction of sp³-hybridized carbons (Fsp3) is 0.545. The SMILES string of the molecule is CNC(=O)C1CCCN(c2ncnc(N)c2Br)C1. The molecule has 0 saturated carbocycles. The van der Waals surface area contributed by atoms with Crippen LogP contribution in [0.15, 0.2) is 10.8 Å². The number of hydrogen-bond donors (Lipinski definition) is 2. The first-order chi connectivity index (χ1) is 8.63. The van der Waals surface area contributed by atoms with Gasteiger partial charge in [0, 0.05) is 20.1 Å². The van der Waals surface area contributed by atoms with Crippen LogP contribution in [0.2, 0.25) is 0 Å². The van der Waals surface area contributed by atoms with Crippen LogP contribution in [0, 0.1) is 5.92 Å². The van der Waals surface area contributed by atoms with Gasteiger partial charge < -0.3 is 16.0 Å². The lowest BCUT2D eigenvalue weighted by Gasteiger charge is -2.33. The number of nitrogens with two attached hydrogens (primary N) is 1. The van der Waals surface area contributed by atoms with Crippen molar-refractivity contribution in [3.8, 4) is 0 Å². The molecule has 1 aliphatic rings. The highest BCUT2D eigenvalue weighted by Gasteiger charge is 2.27. The lowest BCUT2D eigenvalue weighted by Crippen LogP contribution is -2.42. The molecular formula is C11H16BrN5O. The second-order valence-electron chi connectivity index (χ2n) is 4.30. The second kappa shape index (κ2) is 5.51. The summed E-state index contributed by atoms with van der Waals surface area (Å²) in [5, 5.41) is 2.70. The minimum absolute atomic E-state index is 0.00633. The Balaban J connectivity index is 2.18. The van der Waals surface area contributed by atoms with E-state index in [1.165, 1.54) is 6.33 Å². The average molecular weight is 314 g/mol. The fourth-order valence-electron chi connectivity index (χ4n) is 2.18. The normalized spacial score (nSPS) is 19.7. The Bertz CT molecular complexity index is 453. The zero-order valence-electron chi connectivity index (χ0n) is 10.2. The minimum Gasteiger partial charge on any atom is -0.383 e. The number of aromatic nitrogens is 2. The molecule has 1 amide bonds. The van der Waals surface area contributed by atoms with E-state index in [0.29, 0.717) is 16.8 Å². The van der Waals surface area contributed by atoms with Gasteiger partial charge in [0.15, 0.2) is 0 Å². The Morgan fingerprint density at radius 1 is 1.61 bits per heavy atom. The molecule has 1 aliphatic heterocycles. The molecule has 18 heavy (non-hydrogen) atoms. The third-order valence-electron chi connectivity index (χ3n) is 3.14. The summed E-state index contributed by atoms with van der Waals surface area (Å²) in [4.78, 5) is 21.9. The van der Waals surface area contributed by atoms with Crippen molar-refractivity contribution >= 4 is 33.5 Å². The molecule has 1 aromatic rings. The molecule has 7 heteroatoms. The van der Waals surface area contributed by atoms with Crippen molar-refractivity contribution < 1.29 is 4.79 Å². The average Bonchev–Trinajstić information content (AvgIpc) is 2.41. The van der Waals surface area contributed by atoms with E-state index in [0.717, 1.165) is 25.2 Å². The number of nitrogens with zero attached hydrogens (tertiary/aromatic N) is 3. The standard InChI is InChI=1S/C11H16BrN5O/c1-14-11(18)7-3-2-4-17(5-7)10-8(12)9(13)15-6-16-10/h6-7H,2-5H2,1H3,(H,14,18)(H2,13,15,16). The van der Waals surface area contributed by atoms with Crippen molar-refractivity contribution in [3.63, 3.8) is 0 Å². The van der Waals surface area contributed by atoms with Gasteiger partial charge in [-0.1, -0.05) is 0 Å². The zero-order valence-corrected chi connectivity index (χ0v) is 11.8. The van der Waals surface area contributed by atoms with E-state index in [1.807, 2.05) is 0 Å². The lowest BCUT2D eigenvalue weighted by molar-refractivity contribution is -0.124. The van der Waals surface area contributed by atoms with Crippen LogP contribution in [0.25, 0.3) is 0 Å². The quantitative estimate of drug-likeness (QED) is 0.843. The van der Waals surface area contributed by atoms with E-state index in [4.69, 9.17) is 5.73 Å². The number of carbonyl (C=O) groups is 1. The summed E-state index contributed by atoms with van der Waals surface area (Å²) in [7, 11) is 1.67. The first-order valence-electron chi connectivity index (χ1n) is 5.86. The molecule has 3 N–H and O–H groups in total. The molecule has 1 unspecified atom stereocenters. The monoisotopic (exact) mass is 313 g/mol. The minimum atomic E-state index is 0.00633. The first-order valence-corrected chi connectivity index (χ1v) is 6.65. The summed E-state index contributed by atoms with van der Waals surface area (Å²) in [5.41, 5.74) is 5.74. The van der Waals surface area contributed by atoms with Crippen LogP contribution in [0.1, 0.15) is 12.8 Å². The van der Waals surface area contributed by atoms with Gasteiger partial charge in [-0.3, -0.25) is 4.79 Å². The van der Waals surface area contributed by atoms with Gasteiger partial charge in [0.25, 0.3) is 0 Å². The Morgan fingerprint density at radius 3 is 3.11 bits per heavy atom. The Hall–Kier alpha value is -1.37. The smallest absolute Gasteiger partial charge is 0.224 e. The number of nitrogens with one attached hydrogen (secondary N) is 1. The molecule has 2 rings (SSSR count). The van der Waals surface area contributed by atoms with Crippen molar-refractivity contribution in [3.05, 3.63) is 10.8 Å².